The number of nitrogens with zero attached hydrogens (tertiary/aromatic N) is 6. The van der Waals surface area contributed by atoms with E-state index in [0.29, 0.717) is 5.06 Å². The summed E-state index contributed by atoms with van der Waals surface area (Å²) in [7, 11) is 0. The molecule has 0 aromatic rings. The minimum Gasteiger partial charge on any atom is -0.442 e. The second kappa shape index (κ2) is 13.0. The summed E-state index contributed by atoms with van der Waals surface area (Å²) >= 11 is 0. The van der Waals surface area contributed by atoms with Crippen molar-refractivity contribution < 1.29 is 43.6 Å². The molecule has 2 aliphatic rings. The zero-order chi connectivity index (χ0) is 34.8. The summed E-state index contributed by atoms with van der Waals surface area (Å²) < 4.78 is 5.56. The van der Waals surface area contributed by atoms with Crippen molar-refractivity contribution in [1.29, 1.82) is 0 Å². The molecule has 0 aromatic heterocycles. The summed E-state index contributed by atoms with van der Waals surface area (Å²) in [6.45, 7) is 21.1. The summed E-state index contributed by atoms with van der Waals surface area (Å²) in [4.78, 5) is 71.2. The van der Waals surface area contributed by atoms with Crippen LogP contribution in [0.3, 0.4) is 0 Å². The Kier molecular flexibility index (Phi) is 10.7. The minimum absolute atomic E-state index is 0.00320. The number of oxime groups is 2. The topological polar surface area (TPSA) is 205 Å². The second-order valence-corrected chi connectivity index (χ2v) is 13.4. The van der Waals surface area contributed by atoms with Crippen LogP contribution in [0.25, 0.3) is 0 Å². The van der Waals surface area contributed by atoms with E-state index in [1.807, 2.05) is 0 Å². The average Bonchev–Trinajstić information content (AvgIpc) is 3.45. The molecule has 3 N–H and O–H groups in total. The van der Waals surface area contributed by atoms with Crippen molar-refractivity contribution in [3.63, 3.8) is 0 Å². The average molecular weight is 639 g/mol. The highest BCUT2D eigenvalue weighted by Crippen LogP contribution is 2.38. The molecule has 2 unspecified atom stereocenters. The Morgan fingerprint density at radius 3 is 1.58 bits per heavy atom. The standard InChI is InChI=1S/C28H46N8O9/c1-14-42-33-16(3)27(18(24(5,6)7)29-31-20(27)37)35(41)22(39)45-36(23(40)44-26(11,12)13)28(17(4)34-43-15-2)19(25(8,9)10)30-32-21(28)38/h41H,14-15H2,1-13H3,(H,31,37)(H,32,38). The number of amides is 4. The highest BCUT2D eigenvalue weighted by molar-refractivity contribution is 6.36. The van der Waals surface area contributed by atoms with Gasteiger partial charge in [0.05, 0.1) is 22.8 Å². The lowest BCUT2D eigenvalue weighted by atomic mass is 9.74. The molecule has 0 aliphatic carbocycles. The monoisotopic (exact) mass is 638 g/mol. The number of hydrazone groups is 2. The summed E-state index contributed by atoms with van der Waals surface area (Å²) in [5, 5.41) is 28.1. The summed E-state index contributed by atoms with van der Waals surface area (Å²) in [5.41, 5.74) is -3.52. The lowest BCUT2D eigenvalue weighted by molar-refractivity contribution is -0.183. The number of hydrogen-bond donors (Lipinski definition) is 3. The Labute approximate surface area is 262 Å². The van der Waals surface area contributed by atoms with E-state index >= 15 is 0 Å². The number of hydroxylamine groups is 4. The largest absolute Gasteiger partial charge is 0.460 e. The van der Waals surface area contributed by atoms with Crippen LogP contribution in [0.1, 0.15) is 90.0 Å². The van der Waals surface area contributed by atoms with Crippen molar-refractivity contribution in [2.45, 2.75) is 107 Å². The van der Waals surface area contributed by atoms with Crippen LogP contribution >= 0.6 is 0 Å². The van der Waals surface area contributed by atoms with Gasteiger partial charge in [-0.25, -0.2) is 20.4 Å². The summed E-state index contributed by atoms with van der Waals surface area (Å²) in [6.07, 6.45) is -3.00. The molecule has 0 spiro atoms. The van der Waals surface area contributed by atoms with Crippen LogP contribution < -0.4 is 10.9 Å². The predicted octanol–water partition coefficient (Wildman–Crippen LogP) is 3.33. The van der Waals surface area contributed by atoms with Crippen molar-refractivity contribution in [2.75, 3.05) is 13.2 Å². The number of nitrogens with one attached hydrogen (secondary N) is 2. The molecule has 45 heavy (non-hydrogen) atoms. The fraction of sp³-hybridized carbons (Fsp3) is 0.714. The lowest BCUT2D eigenvalue weighted by Crippen LogP contribution is -2.70. The van der Waals surface area contributed by atoms with E-state index < -0.39 is 51.5 Å². The third-order valence-corrected chi connectivity index (χ3v) is 6.53. The zero-order valence-corrected chi connectivity index (χ0v) is 28.3. The molecule has 17 heteroatoms. The highest BCUT2D eigenvalue weighted by atomic mass is 16.8. The number of carbonyl (C=O) groups excluding carboxylic acids is 4. The smallest absolute Gasteiger partial charge is 0.442 e. The first kappa shape index (κ1) is 36.9. The minimum atomic E-state index is -2.38. The molecule has 17 nitrogen and oxygen atoms in total. The molecule has 2 atom stereocenters. The number of hydrogen-bond acceptors (Lipinski definition) is 13. The van der Waals surface area contributed by atoms with E-state index in [2.05, 4.69) is 31.4 Å². The van der Waals surface area contributed by atoms with Gasteiger partial charge in [-0.1, -0.05) is 51.9 Å². The molecule has 0 radical (unpaired) electrons. The van der Waals surface area contributed by atoms with Gasteiger partial charge in [0.2, 0.25) is 11.1 Å². The number of ether oxygens (including phenoxy) is 1. The SMILES string of the molecule is CCON=C(C)C1(N(O)C(=O)ON(C(=O)OC(C)(C)C)C2(C(C)=NOCC)C(=O)NN=C2C(C)(C)C)C(=O)NN=C1C(C)(C)C. The van der Waals surface area contributed by atoms with Crippen LogP contribution in [-0.2, 0) is 28.8 Å². The van der Waals surface area contributed by atoms with E-state index in [4.69, 9.17) is 19.2 Å². The van der Waals surface area contributed by atoms with E-state index in [0.717, 1.165) is 0 Å². The van der Waals surface area contributed by atoms with Crippen molar-refractivity contribution in [2.24, 2.45) is 31.3 Å². The van der Waals surface area contributed by atoms with Crippen LogP contribution in [0.5, 0.6) is 0 Å². The van der Waals surface area contributed by atoms with Gasteiger partial charge in [-0.15, -0.1) is 5.06 Å². The maximum atomic E-state index is 14.0. The Bertz CT molecular complexity index is 1320. The normalized spacial score (nSPS) is 22.6. The van der Waals surface area contributed by atoms with Gasteiger partial charge in [-0.3, -0.25) is 14.8 Å². The molecule has 0 aromatic carbocycles. The van der Waals surface area contributed by atoms with Crippen LogP contribution in [-0.4, -0.2) is 92.1 Å². The molecular weight excluding hydrogens is 592 g/mol. The Morgan fingerprint density at radius 2 is 1.18 bits per heavy atom. The maximum Gasteiger partial charge on any atom is 0.460 e. The van der Waals surface area contributed by atoms with Gasteiger partial charge in [0.15, 0.2) is 0 Å². The van der Waals surface area contributed by atoms with Crippen molar-refractivity contribution in [3.05, 3.63) is 0 Å². The van der Waals surface area contributed by atoms with E-state index in [9.17, 15) is 24.4 Å². The molecular formula is C28H46N8O9. The molecule has 2 rings (SSSR count). The highest BCUT2D eigenvalue weighted by Gasteiger charge is 2.65. The molecule has 252 valence electrons. The molecule has 2 aliphatic heterocycles. The predicted molar refractivity (Wildman–Crippen MR) is 163 cm³/mol. The third kappa shape index (κ3) is 6.87. The quantitative estimate of drug-likeness (QED) is 0.202. The third-order valence-electron chi connectivity index (χ3n) is 6.53. The van der Waals surface area contributed by atoms with E-state index in [1.54, 1.807) is 76.2 Å². The number of rotatable bonds is 8. The van der Waals surface area contributed by atoms with Gasteiger partial charge in [0.1, 0.15) is 18.8 Å². The molecule has 0 bridgehead atoms. The molecule has 4 amide bonds. The van der Waals surface area contributed by atoms with Gasteiger partial charge in [0, 0.05) is 10.8 Å². The maximum absolute atomic E-state index is 14.0. The first-order chi connectivity index (χ1) is 20.5. The van der Waals surface area contributed by atoms with Crippen molar-refractivity contribution in [3.8, 4) is 0 Å². The lowest BCUT2D eigenvalue weighted by Gasteiger charge is -2.42. The summed E-state index contributed by atoms with van der Waals surface area (Å²) in [5.74, 6) is -1.90. The Hall–Kier alpha value is -4.28. The van der Waals surface area contributed by atoms with Gasteiger partial charge < -0.3 is 19.2 Å². The van der Waals surface area contributed by atoms with Crippen LogP contribution in [0.2, 0.25) is 0 Å². The fourth-order valence-corrected chi connectivity index (χ4v) is 4.78. The molecule has 2 heterocycles. The van der Waals surface area contributed by atoms with Gasteiger partial charge >= 0.3 is 12.2 Å². The molecule has 0 fully saturated rings. The van der Waals surface area contributed by atoms with Crippen molar-refractivity contribution >= 4 is 46.8 Å². The fourth-order valence-electron chi connectivity index (χ4n) is 4.78. The molecule has 0 saturated carbocycles. The first-order valence-corrected chi connectivity index (χ1v) is 14.4. The van der Waals surface area contributed by atoms with Gasteiger partial charge in [-0.2, -0.15) is 15.3 Å². The van der Waals surface area contributed by atoms with Crippen molar-refractivity contribution in [1.82, 2.24) is 21.0 Å². The van der Waals surface area contributed by atoms with E-state index in [1.165, 1.54) is 13.8 Å². The van der Waals surface area contributed by atoms with Gasteiger partial charge in [0.25, 0.3) is 11.8 Å². The van der Waals surface area contributed by atoms with Crippen LogP contribution in [0, 0.1) is 10.8 Å². The van der Waals surface area contributed by atoms with Crippen LogP contribution in [0.15, 0.2) is 20.5 Å². The van der Waals surface area contributed by atoms with Gasteiger partial charge in [-0.05, 0) is 48.5 Å². The zero-order valence-electron chi connectivity index (χ0n) is 28.3. The molecule has 0 saturated heterocycles. The number of carbonyl (C=O) groups is 4. The first-order valence-electron chi connectivity index (χ1n) is 14.4. The summed E-state index contributed by atoms with van der Waals surface area (Å²) in [6, 6.07) is 0. The second-order valence-electron chi connectivity index (χ2n) is 13.4. The Balaban J connectivity index is 2.89. The van der Waals surface area contributed by atoms with E-state index in [-0.39, 0.29) is 41.1 Å². The Morgan fingerprint density at radius 1 is 0.778 bits per heavy atom. The van der Waals surface area contributed by atoms with Crippen LogP contribution in [0.4, 0.5) is 9.59 Å².